The minimum Gasteiger partial charge on any atom is -0.297 e. The maximum absolute atomic E-state index is 13.8. The molecule has 1 aromatic carbocycles. The van der Waals surface area contributed by atoms with Crippen LogP contribution in [0.3, 0.4) is 0 Å². The lowest BCUT2D eigenvalue weighted by atomic mass is 9.48. The molecular weight excluding hydrogens is 362 g/mol. The normalized spacial score (nSPS) is 39.4. The molecule has 27 heavy (non-hydrogen) atoms. The number of ketones is 2. The molecule has 6 heteroatoms. The van der Waals surface area contributed by atoms with Gasteiger partial charge in [0.1, 0.15) is 6.04 Å². The molecule has 1 aliphatic heterocycles. The van der Waals surface area contributed by atoms with Crippen LogP contribution in [0.1, 0.15) is 55.8 Å². The zero-order chi connectivity index (χ0) is 19.0. The molecule has 1 unspecified atom stereocenters. The van der Waals surface area contributed by atoms with Crippen molar-refractivity contribution in [3.63, 3.8) is 0 Å². The molecule has 4 bridgehead atoms. The highest BCUT2D eigenvalue weighted by Crippen LogP contribution is 2.61. The molecule has 0 spiro atoms. The fourth-order valence-electron chi connectivity index (χ4n) is 6.74. The molecule has 0 amide bonds. The number of hydrogen-bond acceptors (Lipinski definition) is 4. The van der Waals surface area contributed by atoms with Crippen LogP contribution in [-0.2, 0) is 14.8 Å². The molecule has 5 nitrogen and oxygen atoms in total. The van der Waals surface area contributed by atoms with Crippen molar-refractivity contribution in [2.24, 2.45) is 23.2 Å². The molecule has 4 aliphatic carbocycles. The predicted octanol–water partition coefficient (Wildman–Crippen LogP) is 3.05. The van der Waals surface area contributed by atoms with E-state index in [4.69, 9.17) is 0 Å². The van der Waals surface area contributed by atoms with E-state index >= 15 is 0 Å². The zero-order valence-electron chi connectivity index (χ0n) is 15.6. The predicted molar refractivity (Wildman–Crippen MR) is 99.7 cm³/mol. The van der Waals surface area contributed by atoms with Crippen LogP contribution in [0.4, 0.5) is 0 Å². The topological polar surface area (TPSA) is 71.5 Å². The number of carbonyl (C=O) groups is 2. The molecule has 1 heterocycles. The summed E-state index contributed by atoms with van der Waals surface area (Å²) in [6.07, 6.45) is 6.10. The van der Waals surface area contributed by atoms with Crippen LogP contribution in [0.5, 0.6) is 0 Å². The number of fused-ring (bicyclic) bond motifs is 1. The van der Waals surface area contributed by atoms with Crippen LogP contribution in [0.15, 0.2) is 29.2 Å². The summed E-state index contributed by atoms with van der Waals surface area (Å²) >= 11 is 0. The maximum Gasteiger partial charge on any atom is 0.244 e. The third-order valence-corrected chi connectivity index (χ3v) is 9.39. The van der Waals surface area contributed by atoms with Crippen LogP contribution in [0, 0.1) is 23.2 Å². The van der Waals surface area contributed by atoms with Crippen LogP contribution in [0.25, 0.3) is 0 Å². The number of nitrogens with zero attached hydrogens (tertiary/aromatic N) is 1. The molecule has 5 aliphatic rings. The summed E-state index contributed by atoms with van der Waals surface area (Å²) in [4.78, 5) is 27.1. The van der Waals surface area contributed by atoms with Gasteiger partial charge in [0.15, 0.2) is 11.6 Å². The standard InChI is InChI=1S/C21H25NO4S/c1-2-22-18(19(23)16-5-3-4-6-17(16)27(22,25)26)20(24)21-10-13-7-14(11-21)9-15(8-13)12-21/h3-6,13-15,18H,2,7-12H2,1H3. The number of Topliss-reactive ketones (excluding diaryl/α,β-unsaturated/α-hetero) is 2. The van der Waals surface area contributed by atoms with Crippen molar-refractivity contribution in [3.05, 3.63) is 29.8 Å². The highest BCUT2D eigenvalue weighted by Gasteiger charge is 2.59. The van der Waals surface area contributed by atoms with Crippen molar-refractivity contribution >= 4 is 21.6 Å². The lowest BCUT2D eigenvalue weighted by Crippen LogP contribution is -2.60. The van der Waals surface area contributed by atoms with Crippen molar-refractivity contribution in [2.75, 3.05) is 6.54 Å². The quantitative estimate of drug-likeness (QED) is 0.748. The highest BCUT2D eigenvalue weighted by molar-refractivity contribution is 7.89. The largest absolute Gasteiger partial charge is 0.297 e. The van der Waals surface area contributed by atoms with Gasteiger partial charge in [-0.1, -0.05) is 19.1 Å². The number of sulfonamides is 1. The number of rotatable bonds is 3. The first-order valence-electron chi connectivity index (χ1n) is 10.0. The number of hydrogen-bond donors (Lipinski definition) is 0. The minimum atomic E-state index is -3.84. The summed E-state index contributed by atoms with van der Waals surface area (Å²) < 4.78 is 27.4. The molecule has 4 fully saturated rings. The van der Waals surface area contributed by atoms with Crippen molar-refractivity contribution < 1.29 is 18.0 Å². The number of likely N-dealkylation sites (N-methyl/N-ethyl adjacent to an activating group) is 1. The summed E-state index contributed by atoms with van der Waals surface area (Å²) in [5, 5.41) is 0. The van der Waals surface area contributed by atoms with Gasteiger partial charge in [-0.25, -0.2) is 8.42 Å². The Morgan fingerprint density at radius 3 is 2.19 bits per heavy atom. The minimum absolute atomic E-state index is 0.0337. The molecule has 0 aromatic heterocycles. The van der Waals surface area contributed by atoms with Gasteiger partial charge in [-0.05, 0) is 68.4 Å². The Labute approximate surface area is 160 Å². The van der Waals surface area contributed by atoms with Crippen molar-refractivity contribution in [1.29, 1.82) is 0 Å². The molecule has 1 aromatic rings. The molecule has 0 radical (unpaired) electrons. The Kier molecular flexibility index (Phi) is 3.73. The van der Waals surface area contributed by atoms with E-state index in [1.807, 2.05) is 0 Å². The average molecular weight is 388 g/mol. The molecule has 6 rings (SSSR count). The van der Waals surface area contributed by atoms with Gasteiger partial charge in [-0.3, -0.25) is 9.59 Å². The van der Waals surface area contributed by atoms with Gasteiger partial charge in [-0.15, -0.1) is 0 Å². The van der Waals surface area contributed by atoms with E-state index in [9.17, 15) is 18.0 Å². The van der Waals surface area contributed by atoms with Crippen molar-refractivity contribution in [3.8, 4) is 0 Å². The Balaban J connectivity index is 1.60. The first kappa shape index (κ1) is 17.6. The second kappa shape index (κ2) is 5.74. The Morgan fingerprint density at radius 2 is 1.63 bits per heavy atom. The van der Waals surface area contributed by atoms with Gasteiger partial charge in [0.2, 0.25) is 10.0 Å². The van der Waals surface area contributed by atoms with Crippen LogP contribution >= 0.6 is 0 Å². The Bertz CT molecular complexity index is 900. The van der Waals surface area contributed by atoms with E-state index in [2.05, 4.69) is 0 Å². The van der Waals surface area contributed by atoms with Crippen molar-refractivity contribution in [1.82, 2.24) is 4.31 Å². The molecule has 0 N–H and O–H groups in total. The van der Waals surface area contributed by atoms with Crippen LogP contribution in [0.2, 0.25) is 0 Å². The summed E-state index contributed by atoms with van der Waals surface area (Å²) in [5.74, 6) is 1.23. The van der Waals surface area contributed by atoms with Crippen LogP contribution in [-0.4, -0.2) is 36.9 Å². The lowest BCUT2D eigenvalue weighted by molar-refractivity contribution is -0.146. The fourth-order valence-corrected chi connectivity index (χ4v) is 8.50. The van der Waals surface area contributed by atoms with Gasteiger partial charge in [0.05, 0.1) is 4.90 Å². The molecule has 0 saturated heterocycles. The van der Waals surface area contributed by atoms with E-state index in [0.717, 1.165) is 23.6 Å². The van der Waals surface area contributed by atoms with Gasteiger partial charge in [-0.2, -0.15) is 4.31 Å². The second-order valence-electron chi connectivity index (χ2n) is 9.03. The SMILES string of the molecule is CCN1C(C(=O)C23CC4CC(CC(C4)C2)C3)C(=O)c2ccccc2S1(=O)=O. The maximum atomic E-state index is 13.8. The summed E-state index contributed by atoms with van der Waals surface area (Å²) in [7, 11) is -3.84. The van der Waals surface area contributed by atoms with Gasteiger partial charge < -0.3 is 0 Å². The highest BCUT2D eigenvalue weighted by atomic mass is 32.2. The second-order valence-corrected chi connectivity index (χ2v) is 10.9. The zero-order valence-corrected chi connectivity index (χ0v) is 16.4. The molecule has 144 valence electrons. The van der Waals surface area contributed by atoms with E-state index < -0.39 is 21.5 Å². The third kappa shape index (κ3) is 2.35. The van der Waals surface area contributed by atoms with Gasteiger partial charge >= 0.3 is 0 Å². The number of benzene rings is 1. The Hall–Kier alpha value is -1.53. The Morgan fingerprint density at radius 1 is 1.07 bits per heavy atom. The van der Waals surface area contributed by atoms with E-state index in [1.165, 1.54) is 25.3 Å². The summed E-state index contributed by atoms with van der Waals surface area (Å²) in [6, 6.07) is 5.11. The lowest BCUT2D eigenvalue weighted by Gasteiger charge is -2.57. The van der Waals surface area contributed by atoms with Crippen molar-refractivity contribution in [2.45, 2.75) is 56.4 Å². The van der Waals surface area contributed by atoms with E-state index in [-0.39, 0.29) is 28.6 Å². The first-order chi connectivity index (χ1) is 12.9. The third-order valence-electron chi connectivity index (χ3n) is 7.40. The fraction of sp³-hybridized carbons (Fsp3) is 0.619. The molecular formula is C21H25NO4S. The number of carbonyl (C=O) groups excluding carboxylic acids is 2. The van der Waals surface area contributed by atoms with E-state index in [1.54, 1.807) is 25.1 Å². The smallest absolute Gasteiger partial charge is 0.244 e. The summed E-state index contributed by atoms with van der Waals surface area (Å²) in [5.41, 5.74) is -0.324. The van der Waals surface area contributed by atoms with Gasteiger partial charge in [0.25, 0.3) is 0 Å². The monoisotopic (exact) mass is 387 g/mol. The molecule has 4 saturated carbocycles. The summed E-state index contributed by atoms with van der Waals surface area (Å²) in [6.45, 7) is 1.84. The van der Waals surface area contributed by atoms with Crippen LogP contribution < -0.4 is 0 Å². The van der Waals surface area contributed by atoms with Gasteiger partial charge in [0, 0.05) is 17.5 Å². The average Bonchev–Trinajstić information content (AvgIpc) is 2.63. The molecule has 1 atom stereocenters. The van der Waals surface area contributed by atoms with E-state index in [0.29, 0.717) is 17.8 Å². The first-order valence-corrected chi connectivity index (χ1v) is 11.5.